The van der Waals surface area contributed by atoms with E-state index >= 15 is 0 Å². The fourth-order valence-corrected chi connectivity index (χ4v) is 4.23. The smallest absolute Gasteiger partial charge is 0.255 e. The van der Waals surface area contributed by atoms with Gasteiger partial charge in [-0.1, -0.05) is 5.16 Å². The van der Waals surface area contributed by atoms with E-state index in [1.165, 1.54) is 0 Å². The summed E-state index contributed by atoms with van der Waals surface area (Å²) in [4.78, 5) is 17.7. The normalized spacial score (nSPS) is 20.7. The van der Waals surface area contributed by atoms with Crippen molar-refractivity contribution in [1.82, 2.24) is 24.8 Å². The molecule has 27 heavy (non-hydrogen) atoms. The fraction of sp³-hybridized carbons (Fsp3) is 0.579. The molecule has 1 N–H and O–H groups in total. The van der Waals surface area contributed by atoms with E-state index in [-0.39, 0.29) is 18.3 Å². The van der Waals surface area contributed by atoms with Gasteiger partial charge in [-0.3, -0.25) is 14.3 Å². The number of halogens is 1. The third-order valence-corrected chi connectivity index (χ3v) is 5.62. The van der Waals surface area contributed by atoms with Crippen molar-refractivity contribution in [3.05, 3.63) is 34.8 Å². The van der Waals surface area contributed by atoms with Crippen LogP contribution in [0.2, 0.25) is 0 Å². The van der Waals surface area contributed by atoms with Gasteiger partial charge in [-0.05, 0) is 33.3 Å². The molecule has 0 aliphatic carbocycles. The minimum absolute atomic E-state index is 0. The first kappa shape index (κ1) is 19.9. The zero-order chi connectivity index (χ0) is 18.3. The molecule has 0 aromatic carbocycles. The van der Waals surface area contributed by atoms with Gasteiger partial charge in [0.05, 0.1) is 5.56 Å². The van der Waals surface area contributed by atoms with E-state index in [0.717, 1.165) is 74.2 Å². The molecule has 1 unspecified atom stereocenters. The molecule has 7 nitrogen and oxygen atoms in total. The molecule has 0 spiro atoms. The van der Waals surface area contributed by atoms with Crippen LogP contribution in [0.1, 0.15) is 33.9 Å². The molecule has 2 aromatic heterocycles. The van der Waals surface area contributed by atoms with Crippen LogP contribution in [0, 0.1) is 20.8 Å². The number of aryl methyl sites for hydroxylation is 2. The highest BCUT2D eigenvalue weighted by Gasteiger charge is 2.32. The molecular formula is C19H28ClN5O2. The van der Waals surface area contributed by atoms with E-state index in [0.29, 0.717) is 6.04 Å². The third kappa shape index (κ3) is 3.77. The summed E-state index contributed by atoms with van der Waals surface area (Å²) >= 11 is 0. The molecular weight excluding hydrogens is 366 g/mol. The highest BCUT2D eigenvalue weighted by atomic mass is 35.5. The Bertz CT molecular complexity index is 809. The van der Waals surface area contributed by atoms with Crippen molar-refractivity contribution in [2.45, 2.75) is 33.2 Å². The molecule has 0 radical (unpaired) electrons. The standard InChI is InChI=1S/C19H27N5O2.ClH/c1-13-10-17(15(3)24(13)18-11-14(2)26-21-18)19(25)23-7-4-16(12-23)22-8-5-20-6-9-22;/h10-11,16,20H,4-9,12H2,1-3H3;1H. The number of aromatic nitrogens is 2. The van der Waals surface area contributed by atoms with Gasteiger partial charge in [0.1, 0.15) is 5.76 Å². The van der Waals surface area contributed by atoms with Crippen LogP contribution in [0.3, 0.4) is 0 Å². The van der Waals surface area contributed by atoms with E-state index < -0.39 is 0 Å². The Labute approximate surface area is 166 Å². The van der Waals surface area contributed by atoms with Crippen LogP contribution in [0.25, 0.3) is 5.82 Å². The second-order valence-electron chi connectivity index (χ2n) is 7.40. The second kappa shape index (κ2) is 8.04. The molecule has 1 amide bonds. The van der Waals surface area contributed by atoms with E-state index in [1.54, 1.807) is 0 Å². The van der Waals surface area contributed by atoms with Crippen molar-refractivity contribution in [2.75, 3.05) is 39.3 Å². The Morgan fingerprint density at radius 1 is 1.19 bits per heavy atom. The first-order valence-corrected chi connectivity index (χ1v) is 9.41. The summed E-state index contributed by atoms with van der Waals surface area (Å²) in [5.41, 5.74) is 2.69. The number of nitrogens with one attached hydrogen (secondary N) is 1. The molecule has 1 atom stereocenters. The Kier molecular flexibility index (Phi) is 5.93. The van der Waals surface area contributed by atoms with Crippen LogP contribution in [-0.2, 0) is 0 Å². The topological polar surface area (TPSA) is 66.5 Å². The van der Waals surface area contributed by atoms with Crippen molar-refractivity contribution < 1.29 is 9.32 Å². The SMILES string of the molecule is Cc1cc(-n2c(C)cc(C(=O)N3CCC(N4CCNCC4)C3)c2C)no1.Cl. The molecule has 148 valence electrons. The lowest BCUT2D eigenvalue weighted by Gasteiger charge is -2.32. The van der Waals surface area contributed by atoms with Gasteiger partial charge < -0.3 is 14.7 Å². The van der Waals surface area contributed by atoms with E-state index in [9.17, 15) is 4.79 Å². The van der Waals surface area contributed by atoms with Crippen molar-refractivity contribution >= 4 is 18.3 Å². The van der Waals surface area contributed by atoms with Gasteiger partial charge >= 0.3 is 0 Å². The van der Waals surface area contributed by atoms with Crippen LogP contribution in [0.5, 0.6) is 0 Å². The van der Waals surface area contributed by atoms with Crippen molar-refractivity contribution in [1.29, 1.82) is 0 Å². The lowest BCUT2D eigenvalue weighted by Crippen LogP contribution is -2.49. The molecule has 4 rings (SSSR count). The van der Waals surface area contributed by atoms with Crippen molar-refractivity contribution in [2.24, 2.45) is 0 Å². The van der Waals surface area contributed by atoms with Crippen LogP contribution >= 0.6 is 12.4 Å². The van der Waals surface area contributed by atoms with Crippen molar-refractivity contribution in [3.63, 3.8) is 0 Å². The van der Waals surface area contributed by atoms with Crippen LogP contribution in [-0.4, -0.2) is 70.7 Å². The van der Waals surface area contributed by atoms with Crippen LogP contribution in [0.4, 0.5) is 0 Å². The van der Waals surface area contributed by atoms with E-state index in [1.807, 2.05) is 42.4 Å². The van der Waals surface area contributed by atoms with Gasteiger partial charge in [0.2, 0.25) is 0 Å². The molecule has 2 fully saturated rings. The number of likely N-dealkylation sites (tertiary alicyclic amines) is 1. The lowest BCUT2D eigenvalue weighted by atomic mass is 10.2. The molecule has 0 saturated carbocycles. The molecule has 0 bridgehead atoms. The average molecular weight is 394 g/mol. The maximum Gasteiger partial charge on any atom is 0.255 e. The quantitative estimate of drug-likeness (QED) is 0.863. The number of rotatable bonds is 3. The predicted octanol–water partition coefficient (Wildman–Crippen LogP) is 1.93. The third-order valence-electron chi connectivity index (χ3n) is 5.62. The van der Waals surface area contributed by atoms with Gasteiger partial charge in [0.25, 0.3) is 5.91 Å². The van der Waals surface area contributed by atoms with Gasteiger partial charge in [-0.2, -0.15) is 0 Å². The van der Waals surface area contributed by atoms with Gasteiger partial charge in [-0.25, -0.2) is 0 Å². The number of piperazine rings is 1. The molecule has 2 aliphatic heterocycles. The zero-order valence-corrected chi connectivity index (χ0v) is 17.0. The first-order chi connectivity index (χ1) is 12.5. The Morgan fingerprint density at radius 3 is 2.59 bits per heavy atom. The molecule has 2 aliphatic rings. The number of hydrogen-bond acceptors (Lipinski definition) is 5. The molecule has 4 heterocycles. The largest absolute Gasteiger partial charge is 0.360 e. The second-order valence-corrected chi connectivity index (χ2v) is 7.40. The summed E-state index contributed by atoms with van der Waals surface area (Å²) in [5, 5.41) is 7.49. The summed E-state index contributed by atoms with van der Waals surface area (Å²) < 4.78 is 7.20. The van der Waals surface area contributed by atoms with Gasteiger partial charge in [-0.15, -0.1) is 12.4 Å². The predicted molar refractivity (Wildman–Crippen MR) is 106 cm³/mol. The van der Waals surface area contributed by atoms with E-state index in [4.69, 9.17) is 4.52 Å². The maximum atomic E-state index is 13.1. The highest BCUT2D eigenvalue weighted by Crippen LogP contribution is 2.24. The molecule has 8 heteroatoms. The summed E-state index contributed by atoms with van der Waals surface area (Å²) in [6.07, 6.45) is 1.06. The number of hydrogen-bond donors (Lipinski definition) is 1. The number of amides is 1. The number of nitrogens with zero attached hydrogens (tertiary/aromatic N) is 4. The average Bonchev–Trinajstić information content (AvgIpc) is 3.35. The Morgan fingerprint density at radius 2 is 1.93 bits per heavy atom. The van der Waals surface area contributed by atoms with Gasteiger partial charge in [0.15, 0.2) is 5.82 Å². The summed E-state index contributed by atoms with van der Waals surface area (Å²) in [6.45, 7) is 11.8. The summed E-state index contributed by atoms with van der Waals surface area (Å²) in [6, 6.07) is 4.35. The fourth-order valence-electron chi connectivity index (χ4n) is 4.23. The minimum Gasteiger partial charge on any atom is -0.360 e. The Hall–Kier alpha value is -1.83. The van der Waals surface area contributed by atoms with Crippen LogP contribution in [0.15, 0.2) is 16.7 Å². The summed E-state index contributed by atoms with van der Waals surface area (Å²) in [7, 11) is 0. The Balaban J connectivity index is 0.00000210. The minimum atomic E-state index is 0. The first-order valence-electron chi connectivity index (χ1n) is 9.41. The van der Waals surface area contributed by atoms with Crippen LogP contribution < -0.4 is 5.32 Å². The number of carbonyl (C=O) groups is 1. The molecule has 2 saturated heterocycles. The monoisotopic (exact) mass is 393 g/mol. The van der Waals surface area contributed by atoms with E-state index in [2.05, 4.69) is 15.4 Å². The zero-order valence-electron chi connectivity index (χ0n) is 16.2. The number of carbonyl (C=O) groups excluding carboxylic acids is 1. The summed E-state index contributed by atoms with van der Waals surface area (Å²) in [5.74, 6) is 1.62. The molecule has 2 aromatic rings. The van der Waals surface area contributed by atoms with Crippen molar-refractivity contribution in [3.8, 4) is 5.82 Å². The maximum absolute atomic E-state index is 13.1. The lowest BCUT2D eigenvalue weighted by molar-refractivity contribution is 0.0772. The highest BCUT2D eigenvalue weighted by molar-refractivity contribution is 5.96. The van der Waals surface area contributed by atoms with Gasteiger partial charge in [0, 0.05) is 62.8 Å².